The third-order valence-electron chi connectivity index (χ3n) is 2.74. The van der Waals surface area contributed by atoms with Crippen LogP contribution in [0, 0.1) is 0 Å². The lowest BCUT2D eigenvalue weighted by Gasteiger charge is -2.23. The first-order valence-electron chi connectivity index (χ1n) is 5.99. The minimum atomic E-state index is -4.38. The summed E-state index contributed by atoms with van der Waals surface area (Å²) >= 11 is 0. The van der Waals surface area contributed by atoms with Gasteiger partial charge in [-0.1, -0.05) is 6.07 Å². The molecule has 1 aromatic rings. The highest BCUT2D eigenvalue weighted by Crippen LogP contribution is 2.34. The molecular formula is C13H19F3N2O. The van der Waals surface area contributed by atoms with Gasteiger partial charge in [-0.05, 0) is 31.7 Å². The number of hydrogen-bond acceptors (Lipinski definition) is 3. The summed E-state index contributed by atoms with van der Waals surface area (Å²) in [4.78, 5) is 1.60. The fourth-order valence-electron chi connectivity index (χ4n) is 1.91. The van der Waals surface area contributed by atoms with Crippen LogP contribution >= 0.6 is 0 Å². The van der Waals surface area contributed by atoms with Crippen LogP contribution in [-0.4, -0.2) is 31.9 Å². The van der Waals surface area contributed by atoms with E-state index in [0.29, 0.717) is 5.69 Å². The van der Waals surface area contributed by atoms with Gasteiger partial charge in [-0.25, -0.2) is 0 Å². The van der Waals surface area contributed by atoms with E-state index in [1.54, 1.807) is 32.0 Å². The van der Waals surface area contributed by atoms with Crippen LogP contribution in [0.1, 0.15) is 18.1 Å². The molecule has 0 amide bonds. The zero-order chi connectivity index (χ0) is 14.6. The van der Waals surface area contributed by atoms with Crippen LogP contribution in [0.4, 0.5) is 18.9 Å². The molecule has 2 N–H and O–H groups in total. The van der Waals surface area contributed by atoms with Gasteiger partial charge in [0.05, 0.1) is 11.7 Å². The zero-order valence-electron chi connectivity index (χ0n) is 11.3. The van der Waals surface area contributed by atoms with Crippen LogP contribution < -0.4 is 10.2 Å². The van der Waals surface area contributed by atoms with Crippen LogP contribution in [0.15, 0.2) is 18.2 Å². The summed E-state index contributed by atoms with van der Waals surface area (Å²) in [5.41, 5.74) is 0.00840. The van der Waals surface area contributed by atoms with Crippen molar-refractivity contribution in [2.75, 3.05) is 25.5 Å². The van der Waals surface area contributed by atoms with Crippen molar-refractivity contribution in [2.24, 2.45) is 0 Å². The maximum Gasteiger partial charge on any atom is 0.416 e. The number of aliphatic hydroxyl groups excluding tert-OH is 1. The van der Waals surface area contributed by atoms with Crippen molar-refractivity contribution in [1.29, 1.82) is 0 Å². The standard InChI is InChI=1S/C13H19F3N2O/c1-9(19)8-18(3)11-5-4-10(7-17-2)12(6-11)13(14,15)16/h4-6,9,17,19H,7-8H2,1-3H3. The van der Waals surface area contributed by atoms with Crippen LogP contribution in [0.3, 0.4) is 0 Å². The Hall–Kier alpha value is -1.27. The summed E-state index contributed by atoms with van der Waals surface area (Å²) in [5, 5.41) is 12.0. The number of alkyl halides is 3. The Morgan fingerprint density at radius 1 is 1.37 bits per heavy atom. The van der Waals surface area contributed by atoms with Gasteiger partial charge in [0.15, 0.2) is 0 Å². The highest BCUT2D eigenvalue weighted by atomic mass is 19.4. The molecule has 0 aromatic heterocycles. The molecule has 0 aliphatic carbocycles. The SMILES string of the molecule is CNCc1ccc(N(C)CC(C)O)cc1C(F)(F)F. The van der Waals surface area contributed by atoms with Crippen molar-refractivity contribution in [2.45, 2.75) is 25.7 Å². The van der Waals surface area contributed by atoms with Crippen molar-refractivity contribution in [3.63, 3.8) is 0 Å². The first kappa shape index (κ1) is 15.8. The summed E-state index contributed by atoms with van der Waals surface area (Å²) in [6.07, 6.45) is -4.98. The molecule has 0 saturated heterocycles. The topological polar surface area (TPSA) is 35.5 Å². The Kier molecular flexibility index (Phi) is 5.20. The molecule has 6 heteroatoms. The van der Waals surface area contributed by atoms with E-state index >= 15 is 0 Å². The molecular weight excluding hydrogens is 257 g/mol. The summed E-state index contributed by atoms with van der Waals surface area (Å²) in [5.74, 6) is 0. The predicted molar refractivity (Wildman–Crippen MR) is 69.2 cm³/mol. The molecule has 0 heterocycles. The summed E-state index contributed by atoms with van der Waals surface area (Å²) in [6, 6.07) is 4.21. The molecule has 19 heavy (non-hydrogen) atoms. The smallest absolute Gasteiger partial charge is 0.392 e. The molecule has 108 valence electrons. The van der Waals surface area contributed by atoms with Gasteiger partial charge >= 0.3 is 6.18 Å². The molecule has 0 radical (unpaired) electrons. The molecule has 1 aromatic carbocycles. The third kappa shape index (κ3) is 4.40. The van der Waals surface area contributed by atoms with Crippen molar-refractivity contribution >= 4 is 5.69 Å². The largest absolute Gasteiger partial charge is 0.416 e. The third-order valence-corrected chi connectivity index (χ3v) is 2.74. The number of hydrogen-bond donors (Lipinski definition) is 2. The van der Waals surface area contributed by atoms with Gasteiger partial charge in [-0.3, -0.25) is 0 Å². The van der Waals surface area contributed by atoms with Gasteiger partial charge in [0, 0.05) is 25.8 Å². The molecule has 0 spiro atoms. The predicted octanol–water partition coefficient (Wildman–Crippen LogP) is 2.24. The lowest BCUT2D eigenvalue weighted by atomic mass is 10.1. The molecule has 0 aliphatic heterocycles. The van der Waals surface area contributed by atoms with E-state index in [1.807, 2.05) is 0 Å². The molecule has 3 nitrogen and oxygen atoms in total. The van der Waals surface area contributed by atoms with E-state index in [0.717, 1.165) is 6.07 Å². The molecule has 0 saturated carbocycles. The van der Waals surface area contributed by atoms with E-state index < -0.39 is 17.8 Å². The molecule has 1 unspecified atom stereocenters. The van der Waals surface area contributed by atoms with E-state index in [4.69, 9.17) is 0 Å². The quantitative estimate of drug-likeness (QED) is 0.866. The molecule has 1 rings (SSSR count). The lowest BCUT2D eigenvalue weighted by Crippen LogP contribution is -2.27. The summed E-state index contributed by atoms with van der Waals surface area (Å²) in [6.45, 7) is 2.04. The molecule has 0 fully saturated rings. The fraction of sp³-hybridized carbons (Fsp3) is 0.538. The van der Waals surface area contributed by atoms with Crippen molar-refractivity contribution in [3.8, 4) is 0 Å². The van der Waals surface area contributed by atoms with Crippen LogP contribution in [0.2, 0.25) is 0 Å². The van der Waals surface area contributed by atoms with Gasteiger partial charge in [-0.2, -0.15) is 13.2 Å². The second-order valence-corrected chi connectivity index (χ2v) is 4.60. The second-order valence-electron chi connectivity index (χ2n) is 4.60. The van der Waals surface area contributed by atoms with E-state index in [9.17, 15) is 18.3 Å². The van der Waals surface area contributed by atoms with E-state index in [2.05, 4.69) is 5.32 Å². The van der Waals surface area contributed by atoms with Crippen molar-refractivity contribution in [3.05, 3.63) is 29.3 Å². The second kappa shape index (κ2) is 6.25. The Labute approximate surface area is 111 Å². The maximum atomic E-state index is 13.0. The van der Waals surface area contributed by atoms with Crippen LogP contribution in [0.5, 0.6) is 0 Å². The van der Waals surface area contributed by atoms with Gasteiger partial charge in [-0.15, -0.1) is 0 Å². The Balaban J connectivity index is 3.11. The number of rotatable bonds is 5. The Morgan fingerprint density at radius 2 is 2.00 bits per heavy atom. The summed E-state index contributed by atoms with van der Waals surface area (Å²) < 4.78 is 38.9. The van der Waals surface area contributed by atoms with Gasteiger partial charge in [0.1, 0.15) is 0 Å². The average molecular weight is 276 g/mol. The minimum Gasteiger partial charge on any atom is -0.392 e. The number of aliphatic hydroxyl groups is 1. The lowest BCUT2D eigenvalue weighted by molar-refractivity contribution is -0.138. The number of likely N-dealkylation sites (N-methyl/N-ethyl adjacent to an activating group) is 1. The van der Waals surface area contributed by atoms with E-state index in [-0.39, 0.29) is 18.7 Å². The van der Waals surface area contributed by atoms with Gasteiger partial charge in [0.2, 0.25) is 0 Å². The van der Waals surface area contributed by atoms with Crippen LogP contribution in [-0.2, 0) is 12.7 Å². The maximum absolute atomic E-state index is 13.0. The normalized spacial score (nSPS) is 13.4. The van der Waals surface area contributed by atoms with Gasteiger partial charge in [0.25, 0.3) is 0 Å². The number of benzene rings is 1. The molecule has 1 atom stereocenters. The average Bonchev–Trinajstić information content (AvgIpc) is 2.27. The van der Waals surface area contributed by atoms with Gasteiger partial charge < -0.3 is 15.3 Å². The number of anilines is 1. The number of nitrogens with zero attached hydrogens (tertiary/aromatic N) is 1. The zero-order valence-corrected chi connectivity index (χ0v) is 11.3. The Bertz CT molecular complexity index is 419. The van der Waals surface area contributed by atoms with E-state index in [1.165, 1.54) is 6.07 Å². The monoisotopic (exact) mass is 276 g/mol. The van der Waals surface area contributed by atoms with Crippen LogP contribution in [0.25, 0.3) is 0 Å². The first-order chi connectivity index (χ1) is 8.75. The highest BCUT2D eigenvalue weighted by molar-refractivity contribution is 5.51. The minimum absolute atomic E-state index is 0.162. The summed E-state index contributed by atoms with van der Waals surface area (Å²) in [7, 11) is 3.26. The fourth-order valence-corrected chi connectivity index (χ4v) is 1.91. The first-order valence-corrected chi connectivity index (χ1v) is 5.99. The Morgan fingerprint density at radius 3 is 2.47 bits per heavy atom. The van der Waals surface area contributed by atoms with Crippen molar-refractivity contribution in [1.82, 2.24) is 5.32 Å². The van der Waals surface area contributed by atoms with Crippen molar-refractivity contribution < 1.29 is 18.3 Å². The number of halogens is 3. The number of nitrogens with one attached hydrogen (secondary N) is 1. The molecule has 0 bridgehead atoms. The molecule has 0 aliphatic rings. The highest BCUT2D eigenvalue weighted by Gasteiger charge is 2.33.